The van der Waals surface area contributed by atoms with Gasteiger partial charge in [-0.15, -0.1) is 0 Å². The topological polar surface area (TPSA) is 78.9 Å². The van der Waals surface area contributed by atoms with Gasteiger partial charge in [0.2, 0.25) is 0 Å². The second-order valence-electron chi connectivity index (χ2n) is 11.2. The largest absolute Gasteiger partial charge is 0.466 e. The number of hydrogen-bond donors (Lipinski definition) is 0. The number of carbonyl (C=O) groups is 3. The van der Waals surface area contributed by atoms with Crippen LogP contribution in [0.15, 0.2) is 11.6 Å². The lowest BCUT2D eigenvalue weighted by Crippen LogP contribution is -2.56. The molecule has 0 amide bonds. The summed E-state index contributed by atoms with van der Waals surface area (Å²) in [5, 5.41) is 0. The van der Waals surface area contributed by atoms with Crippen LogP contribution < -0.4 is 0 Å². The van der Waals surface area contributed by atoms with Gasteiger partial charge >= 0.3 is 17.9 Å². The molecule has 2 fully saturated rings. The van der Waals surface area contributed by atoms with Gasteiger partial charge in [-0.1, -0.05) is 40.2 Å². The number of rotatable bonds is 7. The summed E-state index contributed by atoms with van der Waals surface area (Å²) in [5.41, 5.74) is 1.17. The zero-order valence-electron chi connectivity index (χ0n) is 21.3. The summed E-state index contributed by atoms with van der Waals surface area (Å²) in [4.78, 5) is 36.0. The maximum Gasteiger partial charge on any atom is 0.317 e. The van der Waals surface area contributed by atoms with E-state index in [1.54, 1.807) is 6.92 Å². The maximum absolute atomic E-state index is 12.3. The van der Waals surface area contributed by atoms with E-state index in [0.29, 0.717) is 17.8 Å². The minimum absolute atomic E-state index is 0.0744. The Balaban J connectivity index is 1.84. The lowest BCUT2D eigenvalue weighted by Gasteiger charge is -2.61. The number of fused-ring (bicyclic) bond motifs is 3. The van der Waals surface area contributed by atoms with Gasteiger partial charge in [0, 0.05) is 12.3 Å². The SMILES string of the molecule is CCOC(=O)CC(=O)OCC1(C)CCCC2(C)C3CCC(C(C)C)C=C3C(OC(C)=O)CC12. The van der Waals surface area contributed by atoms with E-state index in [1.807, 2.05) is 0 Å². The van der Waals surface area contributed by atoms with Crippen molar-refractivity contribution in [3.63, 3.8) is 0 Å². The third kappa shape index (κ3) is 5.46. The lowest BCUT2D eigenvalue weighted by atomic mass is 9.45. The van der Waals surface area contributed by atoms with Gasteiger partial charge in [0.1, 0.15) is 12.5 Å². The average molecular weight is 463 g/mol. The zero-order chi connectivity index (χ0) is 24.4. The molecule has 0 spiro atoms. The van der Waals surface area contributed by atoms with Gasteiger partial charge in [0.05, 0.1) is 13.2 Å². The summed E-state index contributed by atoms with van der Waals surface area (Å²) in [7, 11) is 0. The highest BCUT2D eigenvalue weighted by molar-refractivity contribution is 5.91. The summed E-state index contributed by atoms with van der Waals surface area (Å²) < 4.78 is 16.4. The molecule has 0 saturated heterocycles. The predicted octanol–water partition coefficient (Wildman–Crippen LogP) is 5.24. The molecule has 3 aliphatic carbocycles. The number of allylic oxidation sites excluding steroid dienone is 1. The molecule has 0 radical (unpaired) electrons. The smallest absolute Gasteiger partial charge is 0.317 e. The van der Waals surface area contributed by atoms with Crippen molar-refractivity contribution >= 4 is 17.9 Å². The minimum Gasteiger partial charge on any atom is -0.466 e. The molecule has 0 aromatic rings. The van der Waals surface area contributed by atoms with Crippen molar-refractivity contribution in [2.24, 2.45) is 34.5 Å². The number of hydrogen-bond acceptors (Lipinski definition) is 6. The number of ether oxygens (including phenoxy) is 3. The molecule has 6 atom stereocenters. The van der Waals surface area contributed by atoms with Crippen LogP contribution in [0.3, 0.4) is 0 Å². The van der Waals surface area contributed by atoms with Crippen molar-refractivity contribution in [3.8, 4) is 0 Å². The summed E-state index contributed by atoms with van der Waals surface area (Å²) in [6.07, 6.45) is 8.04. The number of carbonyl (C=O) groups excluding carboxylic acids is 3. The van der Waals surface area contributed by atoms with Crippen LogP contribution in [0.25, 0.3) is 0 Å². The molecular weight excluding hydrogens is 420 g/mol. The Kier molecular flexibility index (Phi) is 7.95. The van der Waals surface area contributed by atoms with E-state index < -0.39 is 11.9 Å². The van der Waals surface area contributed by atoms with Gasteiger partial charge in [-0.25, -0.2) is 0 Å². The Morgan fingerprint density at radius 2 is 1.79 bits per heavy atom. The molecule has 0 N–H and O–H groups in total. The van der Waals surface area contributed by atoms with Crippen molar-refractivity contribution in [3.05, 3.63) is 11.6 Å². The Hall–Kier alpha value is -1.85. The van der Waals surface area contributed by atoms with E-state index in [1.165, 1.54) is 12.5 Å². The molecule has 33 heavy (non-hydrogen) atoms. The predicted molar refractivity (Wildman–Crippen MR) is 125 cm³/mol. The highest BCUT2D eigenvalue weighted by atomic mass is 16.6. The standard InChI is InChI=1S/C27H42O6/c1-7-31-24(29)15-25(30)32-16-26(5)11-8-12-27(6)21-10-9-19(17(2)3)13-20(21)22(14-23(26)27)33-18(4)28/h13,17,19,21-23H,7-12,14-16H2,1-6H3. The first kappa shape index (κ1) is 25.8. The Labute approximate surface area is 198 Å². The van der Waals surface area contributed by atoms with Gasteiger partial charge in [-0.2, -0.15) is 0 Å². The third-order valence-electron chi connectivity index (χ3n) is 8.64. The lowest BCUT2D eigenvalue weighted by molar-refractivity contribution is -0.167. The highest BCUT2D eigenvalue weighted by Crippen LogP contribution is 2.63. The molecular formula is C27H42O6. The van der Waals surface area contributed by atoms with Crippen LogP contribution >= 0.6 is 0 Å². The van der Waals surface area contributed by atoms with E-state index in [-0.39, 0.29) is 48.5 Å². The van der Waals surface area contributed by atoms with E-state index in [2.05, 4.69) is 33.8 Å². The molecule has 0 heterocycles. The molecule has 0 aromatic carbocycles. The maximum atomic E-state index is 12.3. The van der Waals surface area contributed by atoms with E-state index in [4.69, 9.17) is 14.2 Å². The van der Waals surface area contributed by atoms with Gasteiger partial charge in [0.15, 0.2) is 0 Å². The van der Waals surface area contributed by atoms with Crippen LogP contribution in [0.1, 0.15) is 86.5 Å². The second-order valence-corrected chi connectivity index (χ2v) is 11.2. The van der Waals surface area contributed by atoms with Crippen LogP contribution in [0.4, 0.5) is 0 Å². The van der Waals surface area contributed by atoms with Crippen molar-refractivity contribution in [1.82, 2.24) is 0 Å². The molecule has 3 rings (SSSR count). The molecule has 0 bridgehead atoms. The molecule has 0 aromatic heterocycles. The highest BCUT2D eigenvalue weighted by Gasteiger charge is 2.58. The molecule has 186 valence electrons. The fourth-order valence-corrected chi connectivity index (χ4v) is 6.99. The average Bonchev–Trinajstić information content (AvgIpc) is 2.73. The molecule has 0 aliphatic heterocycles. The quantitative estimate of drug-likeness (QED) is 0.223. The Morgan fingerprint density at radius 1 is 1.09 bits per heavy atom. The summed E-state index contributed by atoms with van der Waals surface area (Å²) in [6.45, 7) is 12.8. The first-order valence-corrected chi connectivity index (χ1v) is 12.7. The van der Waals surface area contributed by atoms with Crippen molar-refractivity contribution in [2.45, 2.75) is 92.6 Å². The molecule has 6 unspecified atom stereocenters. The minimum atomic E-state index is -0.551. The first-order chi connectivity index (χ1) is 15.5. The third-order valence-corrected chi connectivity index (χ3v) is 8.64. The summed E-state index contributed by atoms with van der Waals surface area (Å²) in [5.74, 6) is 0.401. The molecule has 3 aliphatic rings. The molecule has 6 nitrogen and oxygen atoms in total. The van der Waals surface area contributed by atoms with E-state index in [9.17, 15) is 14.4 Å². The van der Waals surface area contributed by atoms with Gasteiger partial charge in [-0.3, -0.25) is 14.4 Å². The monoisotopic (exact) mass is 462 g/mol. The Morgan fingerprint density at radius 3 is 2.42 bits per heavy atom. The normalized spacial score (nSPS) is 35.7. The van der Waals surface area contributed by atoms with Crippen molar-refractivity contribution < 1.29 is 28.6 Å². The van der Waals surface area contributed by atoms with Gasteiger partial charge < -0.3 is 14.2 Å². The Bertz CT molecular complexity index is 785. The second kappa shape index (κ2) is 10.2. The van der Waals surface area contributed by atoms with E-state index >= 15 is 0 Å². The summed E-state index contributed by atoms with van der Waals surface area (Å²) >= 11 is 0. The van der Waals surface area contributed by atoms with Crippen LogP contribution in [-0.2, 0) is 28.6 Å². The van der Waals surface area contributed by atoms with Crippen LogP contribution in [0, 0.1) is 34.5 Å². The fourth-order valence-electron chi connectivity index (χ4n) is 6.99. The van der Waals surface area contributed by atoms with Gasteiger partial charge in [-0.05, 0) is 73.7 Å². The number of esters is 3. The summed E-state index contributed by atoms with van der Waals surface area (Å²) in [6, 6.07) is 0. The molecule has 2 saturated carbocycles. The van der Waals surface area contributed by atoms with Crippen LogP contribution in [0.2, 0.25) is 0 Å². The molecule has 6 heteroatoms. The zero-order valence-corrected chi connectivity index (χ0v) is 21.3. The van der Waals surface area contributed by atoms with Crippen molar-refractivity contribution in [1.29, 1.82) is 0 Å². The van der Waals surface area contributed by atoms with Crippen LogP contribution in [0.5, 0.6) is 0 Å². The first-order valence-electron chi connectivity index (χ1n) is 12.7. The fraction of sp³-hybridized carbons (Fsp3) is 0.815. The van der Waals surface area contributed by atoms with Crippen LogP contribution in [-0.4, -0.2) is 37.2 Å². The van der Waals surface area contributed by atoms with E-state index in [0.717, 1.165) is 38.5 Å². The van der Waals surface area contributed by atoms with Gasteiger partial charge in [0.25, 0.3) is 0 Å². The van der Waals surface area contributed by atoms with Crippen molar-refractivity contribution in [2.75, 3.05) is 13.2 Å².